The predicted molar refractivity (Wildman–Crippen MR) is 104 cm³/mol. The van der Waals surface area contributed by atoms with Gasteiger partial charge in [-0.2, -0.15) is 0 Å². The maximum Gasteiger partial charge on any atom is 0.154 e. The monoisotopic (exact) mass is 419 g/mol. The minimum Gasteiger partial charge on any atom is -0.369 e. The summed E-state index contributed by atoms with van der Waals surface area (Å²) in [5.41, 5.74) is 1.67. The van der Waals surface area contributed by atoms with E-state index in [1.54, 1.807) is 0 Å². The topological polar surface area (TPSA) is 72.0 Å². The molecule has 0 atom stereocenters. The fraction of sp³-hybridized carbons (Fsp3) is 0.222. The van der Waals surface area contributed by atoms with Crippen molar-refractivity contribution in [1.29, 1.82) is 0 Å². The molecule has 0 aliphatic heterocycles. The van der Waals surface area contributed by atoms with Gasteiger partial charge in [-0.3, -0.25) is 0 Å². The lowest BCUT2D eigenvalue weighted by Gasteiger charge is -2.09. The van der Waals surface area contributed by atoms with Crippen LogP contribution in [-0.2, 0) is 15.6 Å². The molecule has 1 aromatic heterocycles. The molecule has 5 nitrogen and oxygen atoms in total. The van der Waals surface area contributed by atoms with Gasteiger partial charge in [-0.05, 0) is 30.2 Å². The zero-order valence-corrected chi connectivity index (χ0v) is 15.9. The molecule has 0 bridgehead atoms. The molecule has 2 aromatic carbocycles. The number of anilines is 1. The number of hydrogen-bond acceptors (Lipinski definition) is 5. The lowest BCUT2D eigenvalue weighted by molar-refractivity contribution is 0.593. The summed E-state index contributed by atoms with van der Waals surface area (Å²) in [4.78, 5) is 8.49. The molecular weight excluding hydrogens is 402 g/mol. The van der Waals surface area contributed by atoms with Gasteiger partial charge in [-0.1, -0.05) is 46.3 Å². The molecule has 3 rings (SSSR count). The quantitative estimate of drug-likeness (QED) is 0.589. The second kappa shape index (κ2) is 7.93. The molecular formula is C18H18BrN3O2S. The summed E-state index contributed by atoms with van der Waals surface area (Å²) in [6, 6.07) is 15.0. The normalized spacial score (nSPS) is 11.6. The van der Waals surface area contributed by atoms with E-state index in [-0.39, 0.29) is 11.5 Å². The van der Waals surface area contributed by atoms with Gasteiger partial charge in [0.25, 0.3) is 0 Å². The summed E-state index contributed by atoms with van der Waals surface area (Å²) in [6.45, 7) is 0.534. The molecule has 0 unspecified atom stereocenters. The van der Waals surface area contributed by atoms with Crippen molar-refractivity contribution in [1.82, 2.24) is 9.97 Å². The first-order chi connectivity index (χ1) is 12.0. The molecule has 3 aromatic rings. The van der Waals surface area contributed by atoms with E-state index >= 15 is 0 Å². The molecule has 0 aliphatic rings. The number of sulfone groups is 1. The van der Waals surface area contributed by atoms with Crippen molar-refractivity contribution in [3.05, 3.63) is 64.9 Å². The number of nitrogens with one attached hydrogen (secondary N) is 1. The minimum absolute atomic E-state index is 0.0806. The van der Waals surface area contributed by atoms with Crippen LogP contribution in [0.15, 0.2) is 59.3 Å². The Morgan fingerprint density at radius 1 is 1.04 bits per heavy atom. The summed E-state index contributed by atoms with van der Waals surface area (Å²) in [5, 5.41) is 4.12. The van der Waals surface area contributed by atoms with E-state index in [0.717, 1.165) is 20.9 Å². The second-order valence-corrected chi connectivity index (χ2v) is 8.84. The molecule has 0 saturated carbocycles. The van der Waals surface area contributed by atoms with E-state index in [9.17, 15) is 8.42 Å². The largest absolute Gasteiger partial charge is 0.369 e. The van der Waals surface area contributed by atoms with Gasteiger partial charge in [0, 0.05) is 16.4 Å². The van der Waals surface area contributed by atoms with Gasteiger partial charge < -0.3 is 5.32 Å². The third-order valence-corrected chi connectivity index (χ3v) is 5.93. The van der Waals surface area contributed by atoms with Crippen LogP contribution in [0.25, 0.3) is 10.9 Å². The Labute approximate surface area is 155 Å². The van der Waals surface area contributed by atoms with Crippen molar-refractivity contribution in [2.45, 2.75) is 12.2 Å². The molecule has 130 valence electrons. The van der Waals surface area contributed by atoms with Crippen molar-refractivity contribution < 1.29 is 8.42 Å². The number of hydrogen-bond donors (Lipinski definition) is 1. The van der Waals surface area contributed by atoms with Gasteiger partial charge in [0.1, 0.15) is 12.1 Å². The van der Waals surface area contributed by atoms with Gasteiger partial charge in [0.15, 0.2) is 9.84 Å². The zero-order chi connectivity index (χ0) is 17.7. The van der Waals surface area contributed by atoms with Crippen molar-refractivity contribution in [3.8, 4) is 0 Å². The van der Waals surface area contributed by atoms with E-state index < -0.39 is 9.84 Å². The third-order valence-electron chi connectivity index (χ3n) is 3.75. The van der Waals surface area contributed by atoms with Gasteiger partial charge in [-0.15, -0.1) is 0 Å². The van der Waals surface area contributed by atoms with E-state index in [1.165, 1.54) is 6.33 Å². The molecule has 0 radical (unpaired) electrons. The molecule has 0 fully saturated rings. The Kier molecular flexibility index (Phi) is 5.65. The first kappa shape index (κ1) is 17.8. The average Bonchev–Trinajstić information content (AvgIpc) is 2.59. The lowest BCUT2D eigenvalue weighted by Crippen LogP contribution is -2.14. The number of nitrogens with zero attached hydrogens (tertiary/aromatic N) is 2. The van der Waals surface area contributed by atoms with E-state index in [1.807, 2.05) is 48.5 Å². The first-order valence-electron chi connectivity index (χ1n) is 7.92. The number of aromatic nitrogens is 2. The van der Waals surface area contributed by atoms with E-state index in [2.05, 4.69) is 31.2 Å². The highest BCUT2D eigenvalue weighted by Crippen LogP contribution is 2.23. The minimum atomic E-state index is -3.12. The van der Waals surface area contributed by atoms with Crippen molar-refractivity contribution in [2.75, 3.05) is 17.6 Å². The van der Waals surface area contributed by atoms with Crippen LogP contribution in [0.5, 0.6) is 0 Å². The Bertz CT molecular complexity index is 962. The number of rotatable bonds is 7. The van der Waals surface area contributed by atoms with Gasteiger partial charge >= 0.3 is 0 Å². The van der Waals surface area contributed by atoms with Gasteiger partial charge in [0.05, 0.1) is 17.0 Å². The fourth-order valence-electron chi connectivity index (χ4n) is 2.57. The van der Waals surface area contributed by atoms with Crippen LogP contribution in [0, 0.1) is 0 Å². The molecule has 0 spiro atoms. The zero-order valence-electron chi connectivity index (χ0n) is 13.5. The molecule has 1 N–H and O–H groups in total. The highest BCUT2D eigenvalue weighted by molar-refractivity contribution is 9.10. The fourth-order valence-corrected chi connectivity index (χ4v) is 4.36. The maximum absolute atomic E-state index is 12.2. The van der Waals surface area contributed by atoms with E-state index in [0.29, 0.717) is 18.8 Å². The molecule has 25 heavy (non-hydrogen) atoms. The summed E-state index contributed by atoms with van der Waals surface area (Å²) < 4.78 is 25.4. The lowest BCUT2D eigenvalue weighted by atomic mass is 10.2. The van der Waals surface area contributed by atoms with Crippen molar-refractivity contribution in [2.24, 2.45) is 0 Å². The molecule has 0 saturated heterocycles. The third kappa shape index (κ3) is 4.99. The SMILES string of the molecule is O=S(=O)(CCCNc1ncnc2ccc(Br)cc12)Cc1ccccc1. The van der Waals surface area contributed by atoms with E-state index in [4.69, 9.17) is 0 Å². The number of halogens is 1. The predicted octanol–water partition coefficient (Wildman–Crippen LogP) is 3.81. The molecule has 0 aliphatic carbocycles. The van der Waals surface area contributed by atoms with Crippen LogP contribution in [0.3, 0.4) is 0 Å². The molecule has 1 heterocycles. The standard InChI is InChI=1S/C18H18BrN3O2S/c19-15-7-8-17-16(11-15)18(22-13-21-17)20-9-4-10-25(23,24)12-14-5-2-1-3-6-14/h1-3,5-8,11,13H,4,9-10,12H2,(H,20,21,22). The van der Waals surface area contributed by atoms with Crippen LogP contribution in [-0.4, -0.2) is 30.7 Å². The van der Waals surface area contributed by atoms with Crippen LogP contribution in [0.1, 0.15) is 12.0 Å². The molecule has 0 amide bonds. The highest BCUT2D eigenvalue weighted by Gasteiger charge is 2.12. The Hall–Kier alpha value is -1.99. The van der Waals surface area contributed by atoms with Gasteiger partial charge in [-0.25, -0.2) is 18.4 Å². The number of benzene rings is 2. The maximum atomic E-state index is 12.2. The highest BCUT2D eigenvalue weighted by atomic mass is 79.9. The smallest absolute Gasteiger partial charge is 0.154 e. The van der Waals surface area contributed by atoms with Crippen LogP contribution >= 0.6 is 15.9 Å². The summed E-state index contributed by atoms with van der Waals surface area (Å²) >= 11 is 3.44. The summed E-state index contributed by atoms with van der Waals surface area (Å²) in [6.07, 6.45) is 2.03. The van der Waals surface area contributed by atoms with Crippen molar-refractivity contribution in [3.63, 3.8) is 0 Å². The average molecular weight is 420 g/mol. The summed E-state index contributed by atoms with van der Waals surface area (Å²) in [5.74, 6) is 0.936. The Morgan fingerprint density at radius 2 is 1.84 bits per heavy atom. The molecule has 7 heteroatoms. The number of fused-ring (bicyclic) bond motifs is 1. The Morgan fingerprint density at radius 3 is 2.64 bits per heavy atom. The van der Waals surface area contributed by atoms with Crippen LogP contribution in [0.2, 0.25) is 0 Å². The van der Waals surface area contributed by atoms with Crippen LogP contribution in [0.4, 0.5) is 5.82 Å². The summed E-state index contributed by atoms with van der Waals surface area (Å²) in [7, 11) is -3.12. The van der Waals surface area contributed by atoms with Crippen LogP contribution < -0.4 is 5.32 Å². The second-order valence-electron chi connectivity index (χ2n) is 5.74. The van der Waals surface area contributed by atoms with Gasteiger partial charge in [0.2, 0.25) is 0 Å². The first-order valence-corrected chi connectivity index (χ1v) is 10.5. The van der Waals surface area contributed by atoms with Crippen molar-refractivity contribution >= 4 is 42.5 Å². The Balaban J connectivity index is 1.57.